The van der Waals surface area contributed by atoms with Crippen LogP contribution < -0.4 is 16.7 Å². The van der Waals surface area contributed by atoms with E-state index >= 15 is 0 Å². The maximum absolute atomic E-state index is 12.9. The maximum atomic E-state index is 12.9. The average molecular weight is 409 g/mol. The molecule has 1 aliphatic carbocycles. The van der Waals surface area contributed by atoms with Crippen LogP contribution in [0.1, 0.15) is 43.5 Å². The first-order valence-electron chi connectivity index (χ1n) is 8.93. The Bertz CT molecular complexity index is 900. The summed E-state index contributed by atoms with van der Waals surface area (Å²) in [6.45, 7) is 2.11. The molecule has 3 rings (SSSR count). The molecule has 0 fully saturated rings. The second kappa shape index (κ2) is 8.42. The number of nitrogens with one attached hydrogen (secondary N) is 2. The lowest BCUT2D eigenvalue weighted by molar-refractivity contribution is -0.120. The number of aromatic amines is 1. The maximum Gasteiger partial charge on any atom is 0.345 e. The molecular weight excluding hydrogens is 387 g/mol. The predicted molar refractivity (Wildman–Crippen MR) is 107 cm³/mol. The van der Waals surface area contributed by atoms with Crippen LogP contribution in [-0.2, 0) is 11.2 Å². The molecule has 1 aromatic carbocycles. The van der Waals surface area contributed by atoms with E-state index in [1.807, 2.05) is 0 Å². The van der Waals surface area contributed by atoms with Gasteiger partial charge < -0.3 is 16.0 Å². The van der Waals surface area contributed by atoms with Crippen molar-refractivity contribution in [2.24, 2.45) is 17.6 Å². The molecule has 1 aliphatic rings. The molecule has 144 valence electrons. The van der Waals surface area contributed by atoms with E-state index in [9.17, 15) is 9.59 Å². The molecule has 3 atom stereocenters. The summed E-state index contributed by atoms with van der Waals surface area (Å²) in [6.07, 6.45) is 4.28. The molecule has 1 aromatic heterocycles. The van der Waals surface area contributed by atoms with E-state index in [4.69, 9.17) is 28.9 Å². The fraction of sp³-hybridized carbons (Fsp3) is 0.421. The number of hydrogen-bond acceptors (Lipinski definition) is 4. The van der Waals surface area contributed by atoms with Gasteiger partial charge in [0.05, 0.1) is 10.0 Å². The summed E-state index contributed by atoms with van der Waals surface area (Å²) in [7, 11) is 0. The lowest BCUT2D eigenvalue weighted by Crippen LogP contribution is -2.28. The van der Waals surface area contributed by atoms with Crippen LogP contribution in [-0.4, -0.2) is 15.9 Å². The minimum atomic E-state index is -0.376. The number of nitrogens with zero attached hydrogens (tertiary/aromatic N) is 1. The van der Waals surface area contributed by atoms with Gasteiger partial charge in [-0.15, -0.1) is 0 Å². The van der Waals surface area contributed by atoms with Crippen LogP contribution >= 0.6 is 23.2 Å². The van der Waals surface area contributed by atoms with Crippen molar-refractivity contribution >= 4 is 34.8 Å². The third-order valence-electron chi connectivity index (χ3n) is 5.00. The molecule has 27 heavy (non-hydrogen) atoms. The first-order chi connectivity index (χ1) is 12.8. The van der Waals surface area contributed by atoms with Gasteiger partial charge in [0.2, 0.25) is 5.91 Å². The fourth-order valence-electron chi connectivity index (χ4n) is 3.52. The summed E-state index contributed by atoms with van der Waals surface area (Å²) in [5.41, 5.74) is 8.21. The van der Waals surface area contributed by atoms with Crippen molar-refractivity contribution < 1.29 is 4.79 Å². The van der Waals surface area contributed by atoms with Crippen molar-refractivity contribution in [2.75, 3.05) is 5.32 Å². The second-order valence-electron chi connectivity index (χ2n) is 7.16. The number of halogens is 2. The van der Waals surface area contributed by atoms with Gasteiger partial charge >= 0.3 is 5.69 Å². The van der Waals surface area contributed by atoms with E-state index in [2.05, 4.69) is 22.2 Å². The largest absolute Gasteiger partial charge is 0.345 e. The Balaban J connectivity index is 1.81. The number of rotatable bonds is 2. The number of aromatic nitrogens is 2. The lowest BCUT2D eigenvalue weighted by Gasteiger charge is -2.22. The first kappa shape index (κ1) is 19.9. The molecule has 0 radical (unpaired) electrons. The summed E-state index contributed by atoms with van der Waals surface area (Å²) < 4.78 is 0. The van der Waals surface area contributed by atoms with E-state index in [1.54, 1.807) is 18.2 Å². The highest BCUT2D eigenvalue weighted by Gasteiger charge is 2.27. The molecule has 8 heteroatoms. The molecule has 1 heterocycles. The van der Waals surface area contributed by atoms with Crippen molar-refractivity contribution in [3.63, 3.8) is 0 Å². The summed E-state index contributed by atoms with van der Waals surface area (Å²) in [4.78, 5) is 31.0. The van der Waals surface area contributed by atoms with Gasteiger partial charge in [-0.1, -0.05) is 30.1 Å². The number of hydrogen-bond donors (Lipinski definition) is 3. The molecule has 1 amide bonds. The van der Waals surface area contributed by atoms with Gasteiger partial charge in [0.15, 0.2) is 0 Å². The van der Waals surface area contributed by atoms with E-state index in [0.29, 0.717) is 40.9 Å². The summed E-state index contributed by atoms with van der Waals surface area (Å²) >= 11 is 12.0. The zero-order valence-electron chi connectivity index (χ0n) is 15.0. The Morgan fingerprint density at radius 1 is 1.30 bits per heavy atom. The molecule has 0 spiro atoms. The number of anilines is 1. The molecule has 1 unspecified atom stereocenters. The molecular formula is C19H22Cl2N4O2. The van der Waals surface area contributed by atoms with Crippen LogP contribution in [0.15, 0.2) is 29.2 Å². The molecule has 0 saturated carbocycles. The number of H-pyrrole nitrogens is 1. The standard InChI is InChI=1S/C19H22Cl2N4O2/c1-10-2-5-17-13(9-23-19(27)25-17)16(22)7-11(6-10)18(26)24-12-3-4-14(20)15(21)8-12/h3-4,8-11,16H,2,5-7,22H2,1H3,(H,24,26)(H,23,25,27)/t10-,11?,16-/m0/s1. The van der Waals surface area contributed by atoms with Gasteiger partial charge in [-0.2, -0.15) is 0 Å². The van der Waals surface area contributed by atoms with Crippen molar-refractivity contribution in [3.05, 3.63) is 56.2 Å². The highest BCUT2D eigenvalue weighted by atomic mass is 35.5. The summed E-state index contributed by atoms with van der Waals surface area (Å²) in [5.74, 6) is -0.0526. The van der Waals surface area contributed by atoms with Crippen molar-refractivity contribution in [1.29, 1.82) is 0 Å². The highest BCUT2D eigenvalue weighted by molar-refractivity contribution is 6.42. The zero-order valence-corrected chi connectivity index (χ0v) is 16.5. The lowest BCUT2D eigenvalue weighted by atomic mass is 9.88. The van der Waals surface area contributed by atoms with Gasteiger partial charge in [-0.05, 0) is 49.8 Å². The number of carbonyl (C=O) groups is 1. The molecule has 6 nitrogen and oxygen atoms in total. The van der Waals surface area contributed by atoms with E-state index in [-0.39, 0.29) is 23.6 Å². The number of amides is 1. The normalized spacial score (nSPS) is 22.9. The Morgan fingerprint density at radius 3 is 2.81 bits per heavy atom. The number of fused-ring (bicyclic) bond motifs is 1. The van der Waals surface area contributed by atoms with Crippen LogP contribution in [0.2, 0.25) is 10.0 Å². The monoisotopic (exact) mass is 408 g/mol. The molecule has 0 aliphatic heterocycles. The number of aryl methyl sites for hydroxylation is 1. The van der Waals surface area contributed by atoms with E-state index < -0.39 is 0 Å². The molecule has 4 N–H and O–H groups in total. The minimum Gasteiger partial charge on any atom is -0.326 e. The number of nitrogens with two attached hydrogens (primary N) is 1. The topological polar surface area (TPSA) is 101 Å². The third kappa shape index (κ3) is 4.89. The number of carbonyl (C=O) groups excluding carboxylic acids is 1. The zero-order chi connectivity index (χ0) is 19.6. The predicted octanol–water partition coefficient (Wildman–Crippen LogP) is 3.69. The van der Waals surface area contributed by atoms with Crippen molar-refractivity contribution in [2.45, 2.75) is 38.6 Å². The third-order valence-corrected chi connectivity index (χ3v) is 5.74. The van der Waals surface area contributed by atoms with Gasteiger partial charge in [-0.25, -0.2) is 9.78 Å². The Hall–Kier alpha value is -1.89. The van der Waals surface area contributed by atoms with E-state index in [0.717, 1.165) is 17.7 Å². The first-order valence-corrected chi connectivity index (χ1v) is 9.68. The number of benzene rings is 1. The van der Waals surface area contributed by atoms with Gasteiger partial charge in [0.25, 0.3) is 0 Å². The van der Waals surface area contributed by atoms with Gasteiger partial charge in [-0.3, -0.25) is 4.79 Å². The van der Waals surface area contributed by atoms with Crippen LogP contribution in [0.4, 0.5) is 5.69 Å². The summed E-state index contributed by atoms with van der Waals surface area (Å²) in [6, 6.07) is 4.62. The highest BCUT2D eigenvalue weighted by Crippen LogP contribution is 2.31. The van der Waals surface area contributed by atoms with E-state index in [1.165, 1.54) is 6.20 Å². The Labute approximate surface area is 167 Å². The van der Waals surface area contributed by atoms with Gasteiger partial charge in [0, 0.05) is 35.1 Å². The van der Waals surface area contributed by atoms with Crippen molar-refractivity contribution in [1.82, 2.24) is 9.97 Å². The van der Waals surface area contributed by atoms with Crippen LogP contribution in [0.5, 0.6) is 0 Å². The van der Waals surface area contributed by atoms with Crippen LogP contribution in [0.3, 0.4) is 0 Å². The second-order valence-corrected chi connectivity index (χ2v) is 7.97. The smallest absolute Gasteiger partial charge is 0.326 e. The SMILES string of the molecule is C[C@H]1CCc2[nH]c(=O)ncc2[C@@H](N)CC(C(=O)Nc2ccc(Cl)c(Cl)c2)C1. The quantitative estimate of drug-likeness (QED) is 0.704. The average Bonchev–Trinajstić information content (AvgIpc) is 2.67. The molecule has 0 saturated heterocycles. The van der Waals surface area contributed by atoms with Crippen LogP contribution in [0.25, 0.3) is 0 Å². The Morgan fingerprint density at radius 2 is 2.07 bits per heavy atom. The molecule has 0 bridgehead atoms. The molecule has 2 aromatic rings. The van der Waals surface area contributed by atoms with Crippen molar-refractivity contribution in [3.8, 4) is 0 Å². The fourth-order valence-corrected chi connectivity index (χ4v) is 3.82. The van der Waals surface area contributed by atoms with Gasteiger partial charge in [0.1, 0.15) is 0 Å². The Kier molecular flexibility index (Phi) is 6.19. The summed E-state index contributed by atoms with van der Waals surface area (Å²) in [5, 5.41) is 3.73. The minimum absolute atomic E-state index is 0.100. The van der Waals surface area contributed by atoms with Crippen LogP contribution in [0, 0.1) is 11.8 Å².